The molecule has 16 heavy (non-hydrogen) atoms. The second kappa shape index (κ2) is 5.03. The highest BCUT2D eigenvalue weighted by Gasteiger charge is 2.36. The highest BCUT2D eigenvalue weighted by Crippen LogP contribution is 2.31. The molecular weight excluding hydrogens is 200 g/mol. The van der Waals surface area contributed by atoms with Crippen LogP contribution in [0.4, 0.5) is 0 Å². The van der Waals surface area contributed by atoms with Gasteiger partial charge >= 0.3 is 0 Å². The van der Waals surface area contributed by atoms with Crippen molar-refractivity contribution in [2.75, 3.05) is 26.3 Å². The summed E-state index contributed by atoms with van der Waals surface area (Å²) in [6.45, 7) is 4.45. The first-order chi connectivity index (χ1) is 7.93. The van der Waals surface area contributed by atoms with Crippen LogP contribution in [0.3, 0.4) is 0 Å². The van der Waals surface area contributed by atoms with Gasteiger partial charge in [0.05, 0.1) is 6.61 Å². The van der Waals surface area contributed by atoms with Crippen LogP contribution in [0.1, 0.15) is 38.5 Å². The van der Waals surface area contributed by atoms with Gasteiger partial charge in [-0.1, -0.05) is 0 Å². The summed E-state index contributed by atoms with van der Waals surface area (Å²) in [6, 6.07) is 2.35. The van der Waals surface area contributed by atoms with Crippen molar-refractivity contribution >= 4 is 0 Å². The molecule has 0 amide bonds. The summed E-state index contributed by atoms with van der Waals surface area (Å²) in [4.78, 5) is 2.75. The van der Waals surface area contributed by atoms with Gasteiger partial charge in [-0.3, -0.25) is 4.90 Å². The maximum absolute atomic E-state index is 5.64. The zero-order valence-electron chi connectivity index (χ0n) is 10.2. The summed E-state index contributed by atoms with van der Waals surface area (Å²) in [5, 5.41) is 3.63. The maximum Gasteiger partial charge on any atom is 0.0621 e. The largest absolute Gasteiger partial charge is 0.380 e. The van der Waals surface area contributed by atoms with Crippen LogP contribution in [-0.4, -0.2) is 49.3 Å². The third-order valence-corrected chi connectivity index (χ3v) is 4.21. The number of ether oxygens (including phenoxy) is 1. The molecule has 0 spiro atoms. The number of rotatable bonds is 4. The highest BCUT2D eigenvalue weighted by atomic mass is 16.5. The smallest absolute Gasteiger partial charge is 0.0621 e. The van der Waals surface area contributed by atoms with Crippen molar-refractivity contribution in [3.05, 3.63) is 0 Å². The van der Waals surface area contributed by atoms with Crippen molar-refractivity contribution in [3.63, 3.8) is 0 Å². The Balaban J connectivity index is 1.56. The molecule has 2 saturated heterocycles. The molecule has 3 aliphatic rings. The summed E-state index contributed by atoms with van der Waals surface area (Å²) in [5.74, 6) is 0. The Kier molecular flexibility index (Phi) is 3.46. The molecule has 0 aromatic rings. The molecule has 1 N–H and O–H groups in total. The van der Waals surface area contributed by atoms with Crippen molar-refractivity contribution in [3.8, 4) is 0 Å². The summed E-state index contributed by atoms with van der Waals surface area (Å²) in [7, 11) is 0. The lowest BCUT2D eigenvalue weighted by atomic mass is 10.1. The summed E-state index contributed by atoms with van der Waals surface area (Å²) < 4.78 is 5.64. The number of hydrogen-bond donors (Lipinski definition) is 1. The normalized spacial score (nSPS) is 35.8. The third kappa shape index (κ3) is 2.58. The summed E-state index contributed by atoms with van der Waals surface area (Å²) in [6.07, 6.45) is 8.18. The number of nitrogens with one attached hydrogen (secondary N) is 1. The Morgan fingerprint density at radius 2 is 2.00 bits per heavy atom. The van der Waals surface area contributed by atoms with E-state index in [9.17, 15) is 0 Å². The van der Waals surface area contributed by atoms with E-state index in [1.165, 1.54) is 51.6 Å². The van der Waals surface area contributed by atoms with Gasteiger partial charge in [0, 0.05) is 31.3 Å². The first kappa shape index (κ1) is 11.0. The van der Waals surface area contributed by atoms with Crippen LogP contribution < -0.4 is 5.32 Å². The zero-order valence-corrected chi connectivity index (χ0v) is 10.2. The Morgan fingerprint density at radius 1 is 1.06 bits per heavy atom. The average Bonchev–Trinajstić information content (AvgIpc) is 3.05. The van der Waals surface area contributed by atoms with Gasteiger partial charge in [0.2, 0.25) is 0 Å². The number of nitrogens with zero attached hydrogens (tertiary/aromatic N) is 1. The van der Waals surface area contributed by atoms with Gasteiger partial charge in [0.25, 0.3) is 0 Å². The Labute approximate surface area is 98.5 Å². The monoisotopic (exact) mass is 224 g/mol. The van der Waals surface area contributed by atoms with Gasteiger partial charge in [-0.05, 0) is 45.1 Å². The summed E-state index contributed by atoms with van der Waals surface area (Å²) in [5.41, 5.74) is 0. The lowest BCUT2D eigenvalue weighted by Crippen LogP contribution is -2.47. The van der Waals surface area contributed by atoms with Crippen LogP contribution in [0.2, 0.25) is 0 Å². The van der Waals surface area contributed by atoms with Gasteiger partial charge in [-0.25, -0.2) is 0 Å². The minimum absolute atomic E-state index is 0.712. The van der Waals surface area contributed by atoms with E-state index in [0.29, 0.717) is 6.04 Å². The van der Waals surface area contributed by atoms with E-state index >= 15 is 0 Å². The van der Waals surface area contributed by atoms with E-state index in [1.807, 2.05) is 0 Å². The quantitative estimate of drug-likeness (QED) is 0.781. The van der Waals surface area contributed by atoms with Crippen molar-refractivity contribution in [1.29, 1.82) is 0 Å². The van der Waals surface area contributed by atoms with Crippen LogP contribution in [0.15, 0.2) is 0 Å². The third-order valence-electron chi connectivity index (χ3n) is 4.21. The molecule has 1 aliphatic carbocycles. The van der Waals surface area contributed by atoms with E-state index in [1.54, 1.807) is 0 Å². The predicted molar refractivity (Wildman–Crippen MR) is 64.6 cm³/mol. The first-order valence-corrected chi connectivity index (χ1v) is 7.00. The van der Waals surface area contributed by atoms with Crippen LogP contribution in [-0.2, 0) is 4.74 Å². The summed E-state index contributed by atoms with van der Waals surface area (Å²) >= 11 is 0. The highest BCUT2D eigenvalue weighted by molar-refractivity contribution is 4.92. The molecule has 0 aromatic carbocycles. The van der Waals surface area contributed by atoms with E-state index in [2.05, 4.69) is 10.2 Å². The molecule has 92 valence electrons. The van der Waals surface area contributed by atoms with Gasteiger partial charge < -0.3 is 10.1 Å². The Hall–Kier alpha value is -0.120. The van der Waals surface area contributed by atoms with Crippen molar-refractivity contribution in [1.82, 2.24) is 10.2 Å². The predicted octanol–water partition coefficient (Wildman–Crippen LogP) is 1.38. The number of hydrogen-bond acceptors (Lipinski definition) is 3. The fourth-order valence-electron chi connectivity index (χ4n) is 3.15. The molecule has 3 fully saturated rings. The fourth-order valence-corrected chi connectivity index (χ4v) is 3.15. The van der Waals surface area contributed by atoms with E-state index < -0.39 is 0 Å². The molecule has 0 aromatic heterocycles. The lowest BCUT2D eigenvalue weighted by Gasteiger charge is -2.36. The maximum atomic E-state index is 5.64. The molecule has 3 nitrogen and oxygen atoms in total. The standard InChI is InChI=1S/C13H24N2O/c1-3-11(14-7-1)9-15(12-5-6-12)13-4-2-8-16-10-13/h11-14H,1-10H2. The van der Waals surface area contributed by atoms with E-state index in [-0.39, 0.29) is 0 Å². The molecule has 0 radical (unpaired) electrons. The second-order valence-electron chi connectivity index (χ2n) is 5.59. The van der Waals surface area contributed by atoms with Crippen molar-refractivity contribution in [2.24, 2.45) is 0 Å². The SMILES string of the molecule is C1CNC(CN(C2CC2)C2CCCOC2)C1. The molecule has 2 unspecified atom stereocenters. The zero-order chi connectivity index (χ0) is 10.8. The molecule has 2 aliphatic heterocycles. The van der Waals surface area contributed by atoms with E-state index in [0.717, 1.165) is 25.3 Å². The van der Waals surface area contributed by atoms with Crippen molar-refractivity contribution in [2.45, 2.75) is 56.7 Å². The molecule has 3 heteroatoms. The van der Waals surface area contributed by atoms with Gasteiger partial charge in [0.1, 0.15) is 0 Å². The van der Waals surface area contributed by atoms with Crippen LogP contribution in [0.25, 0.3) is 0 Å². The van der Waals surface area contributed by atoms with Gasteiger partial charge in [-0.15, -0.1) is 0 Å². The minimum Gasteiger partial charge on any atom is -0.380 e. The topological polar surface area (TPSA) is 24.5 Å². The molecule has 1 saturated carbocycles. The van der Waals surface area contributed by atoms with Gasteiger partial charge in [-0.2, -0.15) is 0 Å². The van der Waals surface area contributed by atoms with Crippen LogP contribution in [0.5, 0.6) is 0 Å². The first-order valence-electron chi connectivity index (χ1n) is 7.00. The molecule has 2 heterocycles. The molecule has 0 bridgehead atoms. The van der Waals surface area contributed by atoms with Gasteiger partial charge in [0.15, 0.2) is 0 Å². The second-order valence-corrected chi connectivity index (χ2v) is 5.59. The fraction of sp³-hybridized carbons (Fsp3) is 1.00. The minimum atomic E-state index is 0.712. The average molecular weight is 224 g/mol. The molecule has 3 rings (SSSR count). The molecule has 2 atom stereocenters. The molecular formula is C13H24N2O. The van der Waals surface area contributed by atoms with Crippen LogP contribution >= 0.6 is 0 Å². The Morgan fingerprint density at radius 3 is 2.62 bits per heavy atom. The van der Waals surface area contributed by atoms with Crippen LogP contribution in [0, 0.1) is 0 Å². The van der Waals surface area contributed by atoms with Crippen molar-refractivity contribution < 1.29 is 4.74 Å². The van der Waals surface area contributed by atoms with E-state index in [4.69, 9.17) is 4.74 Å². The Bertz CT molecular complexity index is 218. The lowest BCUT2D eigenvalue weighted by molar-refractivity contribution is 0.0115.